The predicted octanol–water partition coefficient (Wildman–Crippen LogP) is 1.76. The Balaban J connectivity index is 2.41. The summed E-state index contributed by atoms with van der Waals surface area (Å²) in [5, 5.41) is 7.38. The molecular formula is C11H7ClN4O. The van der Waals surface area contributed by atoms with E-state index in [1.165, 1.54) is 10.9 Å². The number of H-pyrrole nitrogens is 1. The van der Waals surface area contributed by atoms with Gasteiger partial charge in [-0.15, -0.1) is 0 Å². The third kappa shape index (κ3) is 1.52. The third-order valence-corrected chi connectivity index (χ3v) is 2.78. The van der Waals surface area contributed by atoms with Crippen LogP contribution in [-0.4, -0.2) is 19.7 Å². The molecule has 0 aliphatic heterocycles. The van der Waals surface area contributed by atoms with Crippen LogP contribution in [0, 0.1) is 0 Å². The van der Waals surface area contributed by atoms with E-state index in [9.17, 15) is 4.79 Å². The highest BCUT2D eigenvalue weighted by atomic mass is 35.5. The molecule has 1 aromatic carbocycles. The van der Waals surface area contributed by atoms with Crippen molar-refractivity contribution < 1.29 is 0 Å². The van der Waals surface area contributed by atoms with Crippen molar-refractivity contribution in [3.63, 3.8) is 0 Å². The first-order valence-electron chi connectivity index (χ1n) is 4.93. The fourth-order valence-electron chi connectivity index (χ4n) is 1.67. The largest absolute Gasteiger partial charge is 0.284 e. The first kappa shape index (κ1) is 10.0. The maximum Gasteiger partial charge on any atom is 0.268 e. The highest BCUT2D eigenvalue weighted by Gasteiger charge is 2.09. The smallest absolute Gasteiger partial charge is 0.268 e. The molecular weight excluding hydrogens is 240 g/mol. The Labute approximate surface area is 101 Å². The molecule has 0 bridgehead atoms. The second-order valence-electron chi connectivity index (χ2n) is 3.49. The topological polar surface area (TPSA) is 63.6 Å². The Morgan fingerprint density at radius 2 is 2.18 bits per heavy atom. The summed E-state index contributed by atoms with van der Waals surface area (Å²) in [6.07, 6.45) is 3.08. The lowest BCUT2D eigenvalue weighted by Gasteiger charge is -2.03. The summed E-state index contributed by atoms with van der Waals surface area (Å²) in [6, 6.07) is 6.86. The second-order valence-corrected chi connectivity index (χ2v) is 3.89. The standard InChI is InChI=1S/C11H7ClN4O/c12-7-2-1-3-8-10(7)11(17)16(6-13-8)9-4-5-14-15-9/h1-6H,(H,14,15). The van der Waals surface area contributed by atoms with E-state index < -0.39 is 0 Å². The number of fused-ring (bicyclic) bond motifs is 1. The van der Waals surface area contributed by atoms with Crippen molar-refractivity contribution in [1.29, 1.82) is 0 Å². The van der Waals surface area contributed by atoms with Gasteiger partial charge in [0.15, 0.2) is 5.82 Å². The molecule has 6 heteroatoms. The van der Waals surface area contributed by atoms with Gasteiger partial charge in [-0.25, -0.2) is 9.55 Å². The third-order valence-electron chi connectivity index (χ3n) is 2.47. The highest BCUT2D eigenvalue weighted by Crippen LogP contribution is 2.18. The average Bonchev–Trinajstić information content (AvgIpc) is 2.83. The van der Waals surface area contributed by atoms with E-state index in [0.717, 1.165) is 0 Å². The molecule has 0 radical (unpaired) electrons. The van der Waals surface area contributed by atoms with Gasteiger partial charge >= 0.3 is 0 Å². The Bertz CT molecular complexity index is 733. The molecule has 1 N–H and O–H groups in total. The zero-order valence-electron chi connectivity index (χ0n) is 8.59. The molecule has 3 aromatic rings. The quantitative estimate of drug-likeness (QED) is 0.712. The minimum Gasteiger partial charge on any atom is -0.284 e. The lowest BCUT2D eigenvalue weighted by Crippen LogP contribution is -2.19. The van der Waals surface area contributed by atoms with Crippen molar-refractivity contribution in [2.24, 2.45) is 0 Å². The maximum atomic E-state index is 12.2. The highest BCUT2D eigenvalue weighted by molar-refractivity contribution is 6.35. The number of rotatable bonds is 1. The van der Waals surface area contributed by atoms with Crippen LogP contribution in [0.2, 0.25) is 5.02 Å². The molecule has 0 atom stereocenters. The van der Waals surface area contributed by atoms with E-state index in [4.69, 9.17) is 11.6 Å². The molecule has 0 spiro atoms. The normalized spacial score (nSPS) is 10.9. The number of hydrogen-bond donors (Lipinski definition) is 1. The summed E-state index contributed by atoms with van der Waals surface area (Å²) in [4.78, 5) is 16.4. The zero-order valence-corrected chi connectivity index (χ0v) is 9.35. The zero-order chi connectivity index (χ0) is 11.8. The number of aromatic amines is 1. The Morgan fingerprint density at radius 1 is 1.29 bits per heavy atom. The molecule has 0 saturated carbocycles. The minimum atomic E-state index is -0.229. The van der Waals surface area contributed by atoms with Crippen LogP contribution in [0.5, 0.6) is 0 Å². The van der Waals surface area contributed by atoms with Gasteiger partial charge in [0.05, 0.1) is 15.9 Å². The van der Waals surface area contributed by atoms with Gasteiger partial charge in [0.25, 0.3) is 5.56 Å². The van der Waals surface area contributed by atoms with E-state index >= 15 is 0 Å². The fourth-order valence-corrected chi connectivity index (χ4v) is 1.93. The molecule has 17 heavy (non-hydrogen) atoms. The van der Waals surface area contributed by atoms with Crippen LogP contribution in [0.1, 0.15) is 0 Å². The number of hydrogen-bond acceptors (Lipinski definition) is 3. The van der Waals surface area contributed by atoms with E-state index in [-0.39, 0.29) is 5.56 Å². The van der Waals surface area contributed by atoms with Gasteiger partial charge < -0.3 is 0 Å². The fraction of sp³-hybridized carbons (Fsp3) is 0. The monoisotopic (exact) mass is 246 g/mol. The number of benzene rings is 1. The van der Waals surface area contributed by atoms with Crippen LogP contribution < -0.4 is 5.56 Å². The van der Waals surface area contributed by atoms with E-state index in [1.54, 1.807) is 30.5 Å². The molecule has 0 aliphatic rings. The van der Waals surface area contributed by atoms with Crippen LogP contribution in [0.3, 0.4) is 0 Å². The number of aromatic nitrogens is 4. The van der Waals surface area contributed by atoms with Crippen molar-refractivity contribution in [3.05, 3.63) is 52.2 Å². The SMILES string of the molecule is O=c1c2c(Cl)cccc2ncn1-c1cc[nH]n1. The molecule has 3 rings (SSSR count). The second kappa shape index (κ2) is 3.71. The Hall–Kier alpha value is -2.14. The number of nitrogens with one attached hydrogen (secondary N) is 1. The van der Waals surface area contributed by atoms with Gasteiger partial charge in [-0.2, -0.15) is 5.10 Å². The lowest BCUT2D eigenvalue weighted by atomic mass is 10.2. The molecule has 0 amide bonds. The average molecular weight is 247 g/mol. The lowest BCUT2D eigenvalue weighted by molar-refractivity contribution is 0.901. The summed E-state index contributed by atoms with van der Waals surface area (Å²) in [5.74, 6) is 0.490. The van der Waals surface area contributed by atoms with Crippen LogP contribution in [0.25, 0.3) is 16.7 Å². The number of halogens is 1. The molecule has 5 nitrogen and oxygen atoms in total. The van der Waals surface area contributed by atoms with E-state index in [2.05, 4.69) is 15.2 Å². The van der Waals surface area contributed by atoms with Crippen LogP contribution in [0.15, 0.2) is 41.6 Å². The first-order chi connectivity index (χ1) is 8.27. The van der Waals surface area contributed by atoms with Gasteiger partial charge in [0.2, 0.25) is 0 Å². The molecule has 0 aliphatic carbocycles. The van der Waals surface area contributed by atoms with Gasteiger partial charge in [-0.1, -0.05) is 17.7 Å². The maximum absolute atomic E-state index is 12.2. The van der Waals surface area contributed by atoms with Crippen LogP contribution in [0.4, 0.5) is 0 Å². The van der Waals surface area contributed by atoms with Crippen LogP contribution >= 0.6 is 11.6 Å². The van der Waals surface area contributed by atoms with Crippen molar-refractivity contribution >= 4 is 22.5 Å². The molecule has 0 unspecified atom stereocenters. The van der Waals surface area contributed by atoms with E-state index in [0.29, 0.717) is 21.7 Å². The molecule has 84 valence electrons. The molecule has 2 heterocycles. The van der Waals surface area contributed by atoms with Gasteiger partial charge in [-0.3, -0.25) is 9.89 Å². The summed E-state index contributed by atoms with van der Waals surface area (Å²) in [6.45, 7) is 0. The van der Waals surface area contributed by atoms with Crippen molar-refractivity contribution in [2.45, 2.75) is 0 Å². The van der Waals surface area contributed by atoms with Gasteiger partial charge in [0, 0.05) is 12.3 Å². The summed E-state index contributed by atoms with van der Waals surface area (Å²) in [5.41, 5.74) is 0.349. The Kier molecular flexibility index (Phi) is 2.19. The minimum absolute atomic E-state index is 0.229. The van der Waals surface area contributed by atoms with Crippen molar-refractivity contribution in [1.82, 2.24) is 19.7 Å². The summed E-state index contributed by atoms with van der Waals surface area (Å²) < 4.78 is 1.35. The Morgan fingerprint density at radius 3 is 2.94 bits per heavy atom. The van der Waals surface area contributed by atoms with Gasteiger partial charge in [0.1, 0.15) is 6.33 Å². The van der Waals surface area contributed by atoms with Gasteiger partial charge in [-0.05, 0) is 12.1 Å². The van der Waals surface area contributed by atoms with E-state index in [1.807, 2.05) is 0 Å². The van der Waals surface area contributed by atoms with Crippen molar-refractivity contribution in [3.8, 4) is 5.82 Å². The summed E-state index contributed by atoms with van der Waals surface area (Å²) in [7, 11) is 0. The number of nitrogens with zero attached hydrogens (tertiary/aromatic N) is 3. The predicted molar refractivity (Wildman–Crippen MR) is 64.5 cm³/mol. The van der Waals surface area contributed by atoms with Crippen LogP contribution in [-0.2, 0) is 0 Å². The van der Waals surface area contributed by atoms with Crippen molar-refractivity contribution in [2.75, 3.05) is 0 Å². The molecule has 0 saturated heterocycles. The summed E-state index contributed by atoms with van der Waals surface area (Å²) >= 11 is 6.01. The molecule has 0 fully saturated rings. The first-order valence-corrected chi connectivity index (χ1v) is 5.31. The molecule has 2 aromatic heterocycles.